The molecule has 0 radical (unpaired) electrons. The van der Waals surface area contributed by atoms with E-state index in [0.717, 1.165) is 26.2 Å². The molecule has 1 rings (SSSR count). The van der Waals surface area contributed by atoms with Gasteiger partial charge in [-0.05, 0) is 38.3 Å². The summed E-state index contributed by atoms with van der Waals surface area (Å²) in [5.41, 5.74) is 2.78. The van der Waals surface area contributed by atoms with Crippen molar-refractivity contribution in [2.75, 3.05) is 6.61 Å². The van der Waals surface area contributed by atoms with Crippen LogP contribution in [-0.4, -0.2) is 12.1 Å². The summed E-state index contributed by atoms with van der Waals surface area (Å²) in [6.07, 6.45) is 2.33. The van der Waals surface area contributed by atoms with E-state index in [1.165, 1.54) is 17.5 Å². The molecule has 0 aliphatic rings. The third kappa shape index (κ3) is 6.18. The molecule has 1 N–H and O–H groups in total. The summed E-state index contributed by atoms with van der Waals surface area (Å²) in [4.78, 5) is 0. The van der Waals surface area contributed by atoms with Crippen molar-refractivity contribution in [1.29, 1.82) is 0 Å². The van der Waals surface area contributed by atoms with Gasteiger partial charge in [-0.3, -0.25) is 0 Å². The highest BCUT2D eigenvalue weighted by Crippen LogP contribution is 2.12. The molecule has 0 atom stereocenters. The van der Waals surface area contributed by atoms with Crippen LogP contribution in [0.1, 0.15) is 51.7 Å². The van der Waals surface area contributed by atoms with Gasteiger partial charge in [0, 0.05) is 18.7 Å². The number of hydrogen-bond acceptors (Lipinski definition) is 2. The van der Waals surface area contributed by atoms with Crippen molar-refractivity contribution >= 4 is 0 Å². The van der Waals surface area contributed by atoms with Crippen molar-refractivity contribution in [1.82, 2.24) is 5.32 Å². The van der Waals surface area contributed by atoms with Crippen LogP contribution in [0.3, 0.4) is 0 Å². The number of ether oxygens (including phenoxy) is 1. The quantitative estimate of drug-likeness (QED) is 0.740. The van der Waals surface area contributed by atoms with Crippen molar-refractivity contribution in [3.05, 3.63) is 35.4 Å². The lowest BCUT2D eigenvalue weighted by Crippen LogP contribution is -2.35. The fraction of sp³-hybridized carbons (Fsp3) is 0.625. The fourth-order valence-electron chi connectivity index (χ4n) is 1.66. The first kappa shape index (κ1) is 15.2. The molecule has 0 saturated heterocycles. The van der Waals surface area contributed by atoms with Gasteiger partial charge in [0.25, 0.3) is 0 Å². The van der Waals surface area contributed by atoms with Crippen LogP contribution < -0.4 is 5.32 Å². The largest absolute Gasteiger partial charge is 0.377 e. The SMILES string of the molecule is CCCCOCc1ccccc1CNC(C)(C)C. The minimum absolute atomic E-state index is 0.149. The molecule has 1 aromatic rings. The predicted octanol–water partition coefficient (Wildman–Crippen LogP) is 3.89. The summed E-state index contributed by atoms with van der Waals surface area (Å²) in [5.74, 6) is 0. The van der Waals surface area contributed by atoms with Gasteiger partial charge in [0.2, 0.25) is 0 Å². The molecule has 0 saturated carbocycles. The normalized spacial score (nSPS) is 11.8. The van der Waals surface area contributed by atoms with Crippen molar-refractivity contribution < 1.29 is 4.74 Å². The third-order valence-corrected chi connectivity index (χ3v) is 2.83. The van der Waals surface area contributed by atoms with Gasteiger partial charge >= 0.3 is 0 Å². The Morgan fingerprint density at radius 1 is 1.11 bits per heavy atom. The van der Waals surface area contributed by atoms with Crippen LogP contribution in [0, 0.1) is 0 Å². The molecule has 102 valence electrons. The van der Waals surface area contributed by atoms with E-state index in [-0.39, 0.29) is 5.54 Å². The molecule has 18 heavy (non-hydrogen) atoms. The highest BCUT2D eigenvalue weighted by atomic mass is 16.5. The summed E-state index contributed by atoms with van der Waals surface area (Å²) >= 11 is 0. The molecule has 1 aromatic carbocycles. The molecular weight excluding hydrogens is 222 g/mol. The van der Waals surface area contributed by atoms with Crippen molar-refractivity contribution in [2.45, 2.75) is 59.2 Å². The van der Waals surface area contributed by atoms with Crippen molar-refractivity contribution in [3.63, 3.8) is 0 Å². The summed E-state index contributed by atoms with van der Waals surface area (Å²) in [7, 11) is 0. The van der Waals surface area contributed by atoms with E-state index in [1.807, 2.05) is 0 Å². The number of hydrogen-bond donors (Lipinski definition) is 1. The first-order valence-electron chi connectivity index (χ1n) is 6.92. The Kier molecular flexibility index (Phi) is 6.37. The molecule has 2 nitrogen and oxygen atoms in total. The first-order chi connectivity index (χ1) is 8.53. The predicted molar refractivity (Wildman–Crippen MR) is 77.6 cm³/mol. The van der Waals surface area contributed by atoms with Crippen LogP contribution in [0.5, 0.6) is 0 Å². The molecule has 0 fully saturated rings. The van der Waals surface area contributed by atoms with Gasteiger partial charge in [0.15, 0.2) is 0 Å². The second-order valence-corrected chi connectivity index (χ2v) is 5.78. The maximum absolute atomic E-state index is 5.70. The highest BCUT2D eigenvalue weighted by Gasteiger charge is 2.10. The minimum atomic E-state index is 0.149. The van der Waals surface area contributed by atoms with Gasteiger partial charge in [0.05, 0.1) is 6.61 Å². The van der Waals surface area contributed by atoms with Crippen LogP contribution in [-0.2, 0) is 17.9 Å². The molecular formula is C16H27NO. The minimum Gasteiger partial charge on any atom is -0.377 e. The number of unbranched alkanes of at least 4 members (excludes halogenated alkanes) is 1. The van der Waals surface area contributed by atoms with Gasteiger partial charge in [-0.1, -0.05) is 37.6 Å². The highest BCUT2D eigenvalue weighted by molar-refractivity contribution is 5.26. The van der Waals surface area contributed by atoms with Crippen molar-refractivity contribution in [2.24, 2.45) is 0 Å². The Balaban J connectivity index is 2.51. The first-order valence-corrected chi connectivity index (χ1v) is 6.92. The zero-order valence-electron chi connectivity index (χ0n) is 12.3. The van der Waals surface area contributed by atoms with E-state index in [0.29, 0.717) is 0 Å². The van der Waals surface area contributed by atoms with Crippen molar-refractivity contribution in [3.8, 4) is 0 Å². The van der Waals surface area contributed by atoms with Gasteiger partial charge in [-0.25, -0.2) is 0 Å². The Bertz CT molecular complexity index is 341. The monoisotopic (exact) mass is 249 g/mol. The molecule has 0 aliphatic heterocycles. The maximum Gasteiger partial charge on any atom is 0.0720 e. The van der Waals surface area contributed by atoms with Gasteiger partial charge < -0.3 is 10.1 Å². The lowest BCUT2D eigenvalue weighted by Gasteiger charge is -2.21. The summed E-state index contributed by atoms with van der Waals surface area (Å²) in [6.45, 7) is 11.2. The second kappa shape index (κ2) is 7.55. The molecule has 0 aromatic heterocycles. The fourth-order valence-corrected chi connectivity index (χ4v) is 1.66. The molecule has 0 aliphatic carbocycles. The van der Waals surface area contributed by atoms with Crippen LogP contribution in [0.15, 0.2) is 24.3 Å². The smallest absolute Gasteiger partial charge is 0.0720 e. The maximum atomic E-state index is 5.70. The molecule has 0 heterocycles. The van der Waals surface area contributed by atoms with Gasteiger partial charge in [-0.2, -0.15) is 0 Å². The Hall–Kier alpha value is -0.860. The zero-order valence-corrected chi connectivity index (χ0v) is 12.3. The Morgan fingerprint density at radius 2 is 1.78 bits per heavy atom. The number of rotatable bonds is 7. The van der Waals surface area contributed by atoms with Crippen LogP contribution in [0.25, 0.3) is 0 Å². The van der Waals surface area contributed by atoms with Crippen LogP contribution in [0.2, 0.25) is 0 Å². The third-order valence-electron chi connectivity index (χ3n) is 2.83. The van der Waals surface area contributed by atoms with Crippen LogP contribution in [0.4, 0.5) is 0 Å². The lowest BCUT2D eigenvalue weighted by molar-refractivity contribution is 0.117. The summed E-state index contributed by atoms with van der Waals surface area (Å²) in [5, 5.41) is 3.52. The Labute approximate surface area is 112 Å². The average Bonchev–Trinajstić information content (AvgIpc) is 2.32. The Morgan fingerprint density at radius 3 is 2.39 bits per heavy atom. The lowest BCUT2D eigenvalue weighted by atomic mass is 10.1. The number of benzene rings is 1. The molecule has 0 unspecified atom stereocenters. The topological polar surface area (TPSA) is 21.3 Å². The molecule has 0 amide bonds. The zero-order chi connectivity index (χ0) is 13.4. The molecule has 0 spiro atoms. The van der Waals surface area contributed by atoms with E-state index in [4.69, 9.17) is 4.74 Å². The van der Waals surface area contributed by atoms with Gasteiger partial charge in [0.1, 0.15) is 0 Å². The summed E-state index contributed by atoms with van der Waals surface area (Å²) in [6, 6.07) is 8.51. The van der Waals surface area contributed by atoms with E-state index >= 15 is 0 Å². The van der Waals surface area contributed by atoms with Gasteiger partial charge in [-0.15, -0.1) is 0 Å². The summed E-state index contributed by atoms with van der Waals surface area (Å²) < 4.78 is 5.70. The molecule has 0 bridgehead atoms. The van der Waals surface area contributed by atoms with E-state index in [9.17, 15) is 0 Å². The van der Waals surface area contributed by atoms with E-state index < -0.39 is 0 Å². The average molecular weight is 249 g/mol. The van der Waals surface area contributed by atoms with E-state index in [2.05, 4.69) is 57.3 Å². The molecule has 2 heteroatoms. The standard InChI is InChI=1S/C16H27NO/c1-5-6-11-18-13-15-10-8-7-9-14(15)12-17-16(2,3)4/h7-10,17H,5-6,11-13H2,1-4H3. The second-order valence-electron chi connectivity index (χ2n) is 5.78. The van der Waals surface area contributed by atoms with Crippen LogP contribution >= 0.6 is 0 Å². The number of nitrogens with one attached hydrogen (secondary N) is 1. The van der Waals surface area contributed by atoms with E-state index in [1.54, 1.807) is 0 Å².